The molecule has 118 valence electrons. The molecule has 23 heavy (non-hydrogen) atoms. The minimum absolute atomic E-state index is 0.0528. The molecule has 5 heteroatoms. The zero-order valence-electron chi connectivity index (χ0n) is 13.1. The third-order valence-corrected chi connectivity index (χ3v) is 4.34. The summed E-state index contributed by atoms with van der Waals surface area (Å²) in [6.07, 6.45) is 2.59. The molecular formula is C18H18N2O2S. The lowest BCUT2D eigenvalue weighted by Crippen LogP contribution is -2.11. The molecule has 0 unspecified atom stereocenters. The standard InChI is InChI=1S/C18H18N2O2S/c1-12-5-7-15(13(2)10-12)16-11-23-18(19-16)20-17(21)8-6-14-4-3-9-22-14/h3-5,7,9-11H,6,8H2,1-2H3,(H,19,20,21). The number of hydrogen-bond acceptors (Lipinski definition) is 4. The van der Waals surface area contributed by atoms with Crippen molar-refractivity contribution in [2.24, 2.45) is 0 Å². The number of rotatable bonds is 5. The lowest BCUT2D eigenvalue weighted by molar-refractivity contribution is -0.116. The summed E-state index contributed by atoms with van der Waals surface area (Å²) in [5.74, 6) is 0.762. The second-order valence-corrected chi connectivity index (χ2v) is 6.34. The van der Waals surface area contributed by atoms with E-state index in [1.54, 1.807) is 6.26 Å². The van der Waals surface area contributed by atoms with Gasteiger partial charge in [-0.15, -0.1) is 11.3 Å². The summed E-state index contributed by atoms with van der Waals surface area (Å²) in [7, 11) is 0. The third-order valence-electron chi connectivity index (χ3n) is 3.59. The van der Waals surface area contributed by atoms with Crippen LogP contribution in [0, 0.1) is 13.8 Å². The van der Waals surface area contributed by atoms with Crippen LogP contribution in [-0.4, -0.2) is 10.9 Å². The summed E-state index contributed by atoms with van der Waals surface area (Å²) in [6.45, 7) is 4.14. The molecule has 3 rings (SSSR count). The van der Waals surface area contributed by atoms with E-state index in [0.29, 0.717) is 18.0 Å². The van der Waals surface area contributed by atoms with Gasteiger partial charge in [0.15, 0.2) is 5.13 Å². The molecule has 0 saturated carbocycles. The van der Waals surface area contributed by atoms with E-state index in [0.717, 1.165) is 17.0 Å². The van der Waals surface area contributed by atoms with Gasteiger partial charge < -0.3 is 9.73 Å². The number of thiazole rings is 1. The Hall–Kier alpha value is -2.40. The number of amides is 1. The first-order valence-electron chi connectivity index (χ1n) is 7.47. The summed E-state index contributed by atoms with van der Waals surface area (Å²) in [5.41, 5.74) is 4.41. The number of anilines is 1. The Bertz CT molecular complexity index is 806. The van der Waals surface area contributed by atoms with Crippen molar-refractivity contribution in [2.75, 3.05) is 5.32 Å². The van der Waals surface area contributed by atoms with Crippen molar-refractivity contribution in [3.63, 3.8) is 0 Å². The molecule has 0 aliphatic rings. The van der Waals surface area contributed by atoms with Gasteiger partial charge in [0.05, 0.1) is 12.0 Å². The summed E-state index contributed by atoms with van der Waals surface area (Å²) >= 11 is 1.44. The monoisotopic (exact) mass is 326 g/mol. The third kappa shape index (κ3) is 3.87. The number of aromatic nitrogens is 1. The van der Waals surface area contributed by atoms with Crippen LogP contribution in [0.2, 0.25) is 0 Å². The molecule has 4 nitrogen and oxygen atoms in total. The summed E-state index contributed by atoms with van der Waals surface area (Å²) < 4.78 is 5.23. The molecule has 0 radical (unpaired) electrons. The maximum atomic E-state index is 12.0. The van der Waals surface area contributed by atoms with Crippen LogP contribution < -0.4 is 5.32 Å². The number of nitrogens with zero attached hydrogens (tertiary/aromatic N) is 1. The van der Waals surface area contributed by atoms with Gasteiger partial charge in [-0.05, 0) is 31.5 Å². The van der Waals surface area contributed by atoms with Gasteiger partial charge in [-0.25, -0.2) is 4.98 Å². The average molecular weight is 326 g/mol. The number of carbonyl (C=O) groups is 1. The highest BCUT2D eigenvalue weighted by atomic mass is 32.1. The Morgan fingerprint density at radius 1 is 1.30 bits per heavy atom. The Morgan fingerprint density at radius 3 is 2.91 bits per heavy atom. The van der Waals surface area contributed by atoms with Crippen LogP contribution in [0.1, 0.15) is 23.3 Å². The van der Waals surface area contributed by atoms with Gasteiger partial charge in [0.1, 0.15) is 5.76 Å². The predicted molar refractivity (Wildman–Crippen MR) is 92.7 cm³/mol. The van der Waals surface area contributed by atoms with Crippen molar-refractivity contribution >= 4 is 22.4 Å². The molecule has 3 aromatic rings. The zero-order chi connectivity index (χ0) is 16.2. The maximum absolute atomic E-state index is 12.0. The smallest absolute Gasteiger partial charge is 0.226 e. The summed E-state index contributed by atoms with van der Waals surface area (Å²) in [6, 6.07) is 9.97. The number of aryl methyl sites for hydroxylation is 3. The lowest BCUT2D eigenvalue weighted by Gasteiger charge is -2.04. The maximum Gasteiger partial charge on any atom is 0.226 e. The van der Waals surface area contributed by atoms with E-state index in [1.807, 2.05) is 17.5 Å². The van der Waals surface area contributed by atoms with E-state index < -0.39 is 0 Å². The highest BCUT2D eigenvalue weighted by Crippen LogP contribution is 2.28. The Balaban J connectivity index is 1.63. The number of carbonyl (C=O) groups excluding carboxylic acids is 1. The fraction of sp³-hybridized carbons (Fsp3) is 0.222. The number of nitrogens with one attached hydrogen (secondary N) is 1. The fourth-order valence-corrected chi connectivity index (χ4v) is 3.16. The Morgan fingerprint density at radius 2 is 2.17 bits per heavy atom. The molecule has 0 spiro atoms. The van der Waals surface area contributed by atoms with Gasteiger partial charge in [0, 0.05) is 23.8 Å². The Labute approximate surface area is 139 Å². The normalized spacial score (nSPS) is 10.7. The largest absolute Gasteiger partial charge is 0.469 e. The SMILES string of the molecule is Cc1ccc(-c2csc(NC(=O)CCc3ccco3)n2)c(C)c1. The minimum atomic E-state index is -0.0528. The number of benzene rings is 1. The van der Waals surface area contributed by atoms with Gasteiger partial charge in [0.25, 0.3) is 0 Å². The topological polar surface area (TPSA) is 55.1 Å². The first-order chi connectivity index (χ1) is 11.1. The van der Waals surface area contributed by atoms with Crippen LogP contribution in [0.5, 0.6) is 0 Å². The predicted octanol–water partition coefficient (Wildman–Crippen LogP) is 4.59. The van der Waals surface area contributed by atoms with Crippen LogP contribution in [-0.2, 0) is 11.2 Å². The number of furan rings is 1. The molecule has 0 atom stereocenters. The van der Waals surface area contributed by atoms with Crippen molar-refractivity contribution in [1.29, 1.82) is 0 Å². The van der Waals surface area contributed by atoms with Crippen molar-refractivity contribution in [2.45, 2.75) is 26.7 Å². The number of hydrogen-bond donors (Lipinski definition) is 1. The lowest BCUT2D eigenvalue weighted by atomic mass is 10.0. The van der Waals surface area contributed by atoms with Gasteiger partial charge >= 0.3 is 0 Å². The van der Waals surface area contributed by atoms with Gasteiger partial charge in [-0.1, -0.05) is 23.8 Å². The van der Waals surface area contributed by atoms with Crippen molar-refractivity contribution in [3.05, 3.63) is 58.9 Å². The summed E-state index contributed by atoms with van der Waals surface area (Å²) in [4.78, 5) is 16.5. The second kappa shape index (κ2) is 6.79. The van der Waals surface area contributed by atoms with Gasteiger partial charge in [0.2, 0.25) is 5.91 Å². The average Bonchev–Trinajstić information content (AvgIpc) is 3.17. The molecule has 1 amide bonds. The fourth-order valence-electron chi connectivity index (χ4n) is 2.43. The van der Waals surface area contributed by atoms with Crippen molar-refractivity contribution in [3.8, 4) is 11.3 Å². The molecule has 0 bridgehead atoms. The molecule has 0 aliphatic heterocycles. The molecule has 1 aromatic carbocycles. The van der Waals surface area contributed by atoms with Crippen LogP contribution in [0.25, 0.3) is 11.3 Å². The van der Waals surface area contributed by atoms with E-state index in [4.69, 9.17) is 4.42 Å². The Kier molecular flexibility index (Phi) is 4.57. The molecule has 0 fully saturated rings. The quantitative estimate of drug-likeness (QED) is 0.746. The van der Waals surface area contributed by atoms with Gasteiger partial charge in [-0.2, -0.15) is 0 Å². The first-order valence-corrected chi connectivity index (χ1v) is 8.35. The zero-order valence-corrected chi connectivity index (χ0v) is 13.9. The molecule has 2 aromatic heterocycles. The highest BCUT2D eigenvalue weighted by molar-refractivity contribution is 7.14. The molecule has 0 aliphatic carbocycles. The molecule has 2 heterocycles. The molecular weight excluding hydrogens is 308 g/mol. The van der Waals surface area contributed by atoms with Crippen LogP contribution >= 0.6 is 11.3 Å². The summed E-state index contributed by atoms with van der Waals surface area (Å²) in [5, 5.41) is 5.45. The van der Waals surface area contributed by atoms with Crippen molar-refractivity contribution < 1.29 is 9.21 Å². The van der Waals surface area contributed by atoms with E-state index >= 15 is 0 Å². The van der Waals surface area contributed by atoms with E-state index in [-0.39, 0.29) is 5.91 Å². The molecule has 0 saturated heterocycles. The van der Waals surface area contributed by atoms with E-state index in [2.05, 4.69) is 42.3 Å². The first kappa shape index (κ1) is 15.5. The van der Waals surface area contributed by atoms with E-state index in [9.17, 15) is 4.79 Å². The van der Waals surface area contributed by atoms with Crippen LogP contribution in [0.4, 0.5) is 5.13 Å². The minimum Gasteiger partial charge on any atom is -0.469 e. The van der Waals surface area contributed by atoms with Crippen molar-refractivity contribution in [1.82, 2.24) is 4.98 Å². The van der Waals surface area contributed by atoms with Crippen LogP contribution in [0.3, 0.4) is 0 Å². The second-order valence-electron chi connectivity index (χ2n) is 5.48. The molecule has 1 N–H and O–H groups in total. The van der Waals surface area contributed by atoms with E-state index in [1.165, 1.54) is 22.5 Å². The van der Waals surface area contributed by atoms with Gasteiger partial charge in [-0.3, -0.25) is 4.79 Å². The highest BCUT2D eigenvalue weighted by Gasteiger charge is 2.10. The van der Waals surface area contributed by atoms with Crippen LogP contribution in [0.15, 0.2) is 46.4 Å².